The first-order chi connectivity index (χ1) is 16.3. The molecule has 4 amide bonds. The minimum atomic E-state index is -0.574. The molecule has 1 aromatic carbocycles. The van der Waals surface area contributed by atoms with Gasteiger partial charge in [-0.05, 0) is 31.4 Å². The van der Waals surface area contributed by atoms with E-state index in [0.29, 0.717) is 17.3 Å². The maximum atomic E-state index is 12.7. The van der Waals surface area contributed by atoms with Crippen molar-refractivity contribution in [2.75, 3.05) is 33.9 Å². The van der Waals surface area contributed by atoms with Crippen molar-refractivity contribution in [3.8, 4) is 0 Å². The summed E-state index contributed by atoms with van der Waals surface area (Å²) in [5, 5.41) is 11.2. The van der Waals surface area contributed by atoms with Gasteiger partial charge in [-0.1, -0.05) is 23.9 Å². The zero-order valence-electron chi connectivity index (χ0n) is 20.1. The quantitative estimate of drug-likeness (QED) is 0.265. The predicted molar refractivity (Wildman–Crippen MR) is 132 cm³/mol. The Labute approximate surface area is 203 Å². The Bertz CT molecular complexity index is 962. The third kappa shape index (κ3) is 7.75. The van der Waals surface area contributed by atoms with Crippen LogP contribution in [0.2, 0.25) is 0 Å². The Kier molecular flexibility index (Phi) is 10.9. The lowest BCUT2D eigenvalue weighted by Gasteiger charge is -2.25. The molecular formula is C23H34N6O4S. The van der Waals surface area contributed by atoms with Crippen LogP contribution in [0.1, 0.15) is 25.7 Å². The van der Waals surface area contributed by atoms with Gasteiger partial charge in [0.15, 0.2) is 5.16 Å². The highest BCUT2D eigenvalue weighted by Gasteiger charge is 2.31. The zero-order chi connectivity index (χ0) is 25.1. The van der Waals surface area contributed by atoms with Gasteiger partial charge in [0.1, 0.15) is 0 Å². The summed E-state index contributed by atoms with van der Waals surface area (Å²) in [5.41, 5.74) is 1.75. The van der Waals surface area contributed by atoms with E-state index >= 15 is 0 Å². The van der Waals surface area contributed by atoms with Crippen molar-refractivity contribution in [3.05, 3.63) is 24.3 Å². The normalized spacial score (nSPS) is 13.5. The second-order valence-electron chi connectivity index (χ2n) is 7.99. The van der Waals surface area contributed by atoms with Gasteiger partial charge in [0.25, 0.3) is 0 Å². The standard InChI is InChI=1S/C23H34N6O4S/c1-24-19(30)10-9-14(20(31)25-2)11-15(21(32)26-3)12-16(22(33)27-4)13-34-23-28-17-7-5-6-8-18(17)29-23/h5-8,14-16H,9-13H2,1-4H3,(H,24,30)(H,25,31)(H,26,32)(H,27,33)(H,28,29). The SMILES string of the molecule is CNC(=O)CCC(CC(CC(CSc1nc2ccccc2[nH]1)C(=O)NC)C(=O)NC)C(=O)NC. The van der Waals surface area contributed by atoms with E-state index in [1.54, 1.807) is 7.05 Å². The number of rotatable bonds is 13. The van der Waals surface area contributed by atoms with Gasteiger partial charge in [-0.3, -0.25) is 19.2 Å². The molecule has 0 aliphatic rings. The van der Waals surface area contributed by atoms with Crippen molar-refractivity contribution >= 4 is 46.4 Å². The zero-order valence-corrected chi connectivity index (χ0v) is 20.9. The lowest BCUT2D eigenvalue weighted by Crippen LogP contribution is -2.38. The number of hydrogen-bond acceptors (Lipinski definition) is 6. The molecule has 3 unspecified atom stereocenters. The number of amides is 4. The van der Waals surface area contributed by atoms with E-state index < -0.39 is 17.8 Å². The van der Waals surface area contributed by atoms with E-state index in [0.717, 1.165) is 11.0 Å². The van der Waals surface area contributed by atoms with Crippen LogP contribution >= 0.6 is 11.8 Å². The van der Waals surface area contributed by atoms with Crippen LogP contribution < -0.4 is 21.3 Å². The summed E-state index contributed by atoms with van der Waals surface area (Å²) in [6, 6.07) is 7.67. The number of nitrogens with zero attached hydrogens (tertiary/aromatic N) is 1. The molecule has 11 heteroatoms. The van der Waals surface area contributed by atoms with Crippen LogP contribution in [-0.4, -0.2) is 67.5 Å². The van der Waals surface area contributed by atoms with Crippen molar-refractivity contribution in [3.63, 3.8) is 0 Å². The summed E-state index contributed by atoms with van der Waals surface area (Å²) in [6.45, 7) is 0. The average Bonchev–Trinajstić information content (AvgIpc) is 3.28. The Morgan fingerprint density at radius 3 is 2.06 bits per heavy atom. The maximum Gasteiger partial charge on any atom is 0.223 e. The second kappa shape index (κ2) is 13.6. The van der Waals surface area contributed by atoms with E-state index in [4.69, 9.17) is 0 Å². The highest BCUT2D eigenvalue weighted by Crippen LogP contribution is 2.28. The molecule has 2 aromatic rings. The van der Waals surface area contributed by atoms with Gasteiger partial charge in [-0.2, -0.15) is 0 Å². The van der Waals surface area contributed by atoms with Crippen LogP contribution in [0.25, 0.3) is 11.0 Å². The molecule has 1 heterocycles. The number of H-pyrrole nitrogens is 1. The maximum absolute atomic E-state index is 12.7. The smallest absolute Gasteiger partial charge is 0.223 e. The first kappa shape index (κ1) is 27.2. The molecule has 0 radical (unpaired) electrons. The summed E-state index contributed by atoms with van der Waals surface area (Å²) < 4.78 is 0. The number of aromatic nitrogens is 2. The van der Waals surface area contributed by atoms with Gasteiger partial charge in [0.05, 0.1) is 11.0 Å². The molecule has 0 aliphatic heterocycles. The van der Waals surface area contributed by atoms with Crippen LogP contribution in [0.5, 0.6) is 0 Å². The molecule has 0 saturated heterocycles. The van der Waals surface area contributed by atoms with Gasteiger partial charge in [0.2, 0.25) is 23.6 Å². The number of aromatic amines is 1. The summed E-state index contributed by atoms with van der Waals surface area (Å²) in [5.74, 6) is -1.99. The number of para-hydroxylation sites is 2. The van der Waals surface area contributed by atoms with E-state index in [1.807, 2.05) is 24.3 Å². The number of hydrogen-bond donors (Lipinski definition) is 5. The van der Waals surface area contributed by atoms with Crippen LogP contribution in [0.15, 0.2) is 29.4 Å². The second-order valence-corrected chi connectivity index (χ2v) is 9.00. The summed E-state index contributed by atoms with van der Waals surface area (Å²) in [6.07, 6.45) is 0.986. The van der Waals surface area contributed by atoms with Crippen LogP contribution in [0.3, 0.4) is 0 Å². The van der Waals surface area contributed by atoms with Gasteiger partial charge >= 0.3 is 0 Å². The highest BCUT2D eigenvalue weighted by molar-refractivity contribution is 7.99. The molecule has 0 spiro atoms. The monoisotopic (exact) mass is 490 g/mol. The average molecular weight is 491 g/mol. The molecule has 10 nitrogen and oxygen atoms in total. The summed E-state index contributed by atoms with van der Waals surface area (Å²) in [4.78, 5) is 57.3. The largest absolute Gasteiger partial charge is 0.359 e. The summed E-state index contributed by atoms with van der Waals surface area (Å²) in [7, 11) is 6.17. The van der Waals surface area contributed by atoms with E-state index in [1.165, 1.54) is 32.9 Å². The fraction of sp³-hybridized carbons (Fsp3) is 0.522. The predicted octanol–water partition coefficient (Wildman–Crippen LogP) is 1.05. The molecule has 3 atom stereocenters. The Morgan fingerprint density at radius 1 is 0.853 bits per heavy atom. The topological polar surface area (TPSA) is 145 Å². The number of nitrogens with one attached hydrogen (secondary N) is 5. The third-order valence-electron chi connectivity index (χ3n) is 5.78. The van der Waals surface area contributed by atoms with Crippen molar-refractivity contribution in [2.45, 2.75) is 30.8 Å². The molecule has 0 fully saturated rings. The van der Waals surface area contributed by atoms with Gasteiger partial charge in [-0.25, -0.2) is 4.98 Å². The number of benzene rings is 1. The molecule has 1 aromatic heterocycles. The van der Waals surface area contributed by atoms with Crippen molar-refractivity contribution < 1.29 is 19.2 Å². The van der Waals surface area contributed by atoms with Gasteiger partial charge < -0.3 is 26.3 Å². The molecule has 186 valence electrons. The highest BCUT2D eigenvalue weighted by atomic mass is 32.2. The van der Waals surface area contributed by atoms with Crippen LogP contribution in [0.4, 0.5) is 0 Å². The number of carbonyl (C=O) groups is 4. The minimum Gasteiger partial charge on any atom is -0.359 e. The Balaban J connectivity index is 2.15. The van der Waals surface area contributed by atoms with E-state index in [-0.39, 0.29) is 42.9 Å². The van der Waals surface area contributed by atoms with Crippen molar-refractivity contribution in [1.29, 1.82) is 0 Å². The van der Waals surface area contributed by atoms with E-state index in [2.05, 4.69) is 31.2 Å². The van der Waals surface area contributed by atoms with Crippen LogP contribution in [0, 0.1) is 17.8 Å². The Morgan fingerprint density at radius 2 is 1.44 bits per heavy atom. The third-order valence-corrected chi connectivity index (χ3v) is 6.81. The number of thioether (sulfide) groups is 1. The molecule has 2 rings (SSSR count). The lowest BCUT2D eigenvalue weighted by atomic mass is 9.84. The molecule has 0 saturated carbocycles. The first-order valence-corrected chi connectivity index (χ1v) is 12.2. The fourth-order valence-corrected chi connectivity index (χ4v) is 4.82. The molecule has 34 heavy (non-hydrogen) atoms. The number of fused-ring (bicyclic) bond motifs is 1. The van der Waals surface area contributed by atoms with Gasteiger partial charge in [-0.15, -0.1) is 0 Å². The molecule has 0 bridgehead atoms. The lowest BCUT2D eigenvalue weighted by molar-refractivity contribution is -0.129. The molecule has 0 aliphatic carbocycles. The van der Waals surface area contributed by atoms with Gasteiger partial charge in [0, 0.05) is 58.1 Å². The van der Waals surface area contributed by atoms with Crippen LogP contribution in [-0.2, 0) is 19.2 Å². The van der Waals surface area contributed by atoms with E-state index in [9.17, 15) is 19.2 Å². The van der Waals surface area contributed by atoms with Crippen molar-refractivity contribution in [1.82, 2.24) is 31.2 Å². The minimum absolute atomic E-state index is 0.170. The van der Waals surface area contributed by atoms with Crippen molar-refractivity contribution in [2.24, 2.45) is 17.8 Å². The molecule has 5 N–H and O–H groups in total. The molecular weight excluding hydrogens is 456 g/mol. The first-order valence-electron chi connectivity index (χ1n) is 11.3. The number of imidazole rings is 1. The fourth-order valence-electron chi connectivity index (χ4n) is 3.82. The Hall–Kier alpha value is -3.08. The summed E-state index contributed by atoms with van der Waals surface area (Å²) >= 11 is 1.41. The number of carbonyl (C=O) groups excluding carboxylic acids is 4.